The first-order chi connectivity index (χ1) is 6.54. The Kier molecular flexibility index (Phi) is 2.85. The highest BCUT2D eigenvalue weighted by atomic mass is 16.4. The van der Waals surface area contributed by atoms with Crippen LogP contribution in [0.2, 0.25) is 0 Å². The van der Waals surface area contributed by atoms with Gasteiger partial charge in [-0.1, -0.05) is 6.07 Å². The molecule has 0 radical (unpaired) electrons. The highest BCUT2D eigenvalue weighted by molar-refractivity contribution is 5.75. The van der Waals surface area contributed by atoms with E-state index in [1.54, 1.807) is 19.1 Å². The summed E-state index contributed by atoms with van der Waals surface area (Å²) in [5, 5.41) is 17.4. The number of nitrogens with zero attached hydrogens (tertiary/aromatic N) is 1. The SMILES string of the molecule is Cc1cc(C#N)cc([C@H](N)C(=O)O)c1. The van der Waals surface area contributed by atoms with Gasteiger partial charge in [0.1, 0.15) is 6.04 Å². The van der Waals surface area contributed by atoms with Crippen LogP contribution in [0.15, 0.2) is 18.2 Å². The van der Waals surface area contributed by atoms with E-state index >= 15 is 0 Å². The van der Waals surface area contributed by atoms with Crippen molar-refractivity contribution in [3.05, 3.63) is 34.9 Å². The largest absolute Gasteiger partial charge is 0.480 e. The molecule has 1 rings (SSSR count). The van der Waals surface area contributed by atoms with Crippen molar-refractivity contribution >= 4 is 5.97 Å². The molecule has 1 atom stereocenters. The number of aryl methyl sites for hydroxylation is 1. The fourth-order valence-electron chi connectivity index (χ4n) is 1.20. The molecule has 0 heterocycles. The van der Waals surface area contributed by atoms with E-state index in [-0.39, 0.29) is 0 Å². The third kappa shape index (κ3) is 2.09. The summed E-state index contributed by atoms with van der Waals surface area (Å²) >= 11 is 0. The number of aliphatic carboxylic acids is 1. The van der Waals surface area contributed by atoms with Crippen molar-refractivity contribution in [2.75, 3.05) is 0 Å². The van der Waals surface area contributed by atoms with Crippen molar-refractivity contribution in [2.24, 2.45) is 5.73 Å². The molecule has 0 fully saturated rings. The summed E-state index contributed by atoms with van der Waals surface area (Å²) in [6, 6.07) is 5.72. The average molecular weight is 190 g/mol. The summed E-state index contributed by atoms with van der Waals surface area (Å²) in [6.07, 6.45) is 0. The van der Waals surface area contributed by atoms with Crippen LogP contribution < -0.4 is 5.73 Å². The van der Waals surface area contributed by atoms with Crippen LogP contribution in [0.5, 0.6) is 0 Å². The van der Waals surface area contributed by atoms with Gasteiger partial charge in [0.25, 0.3) is 0 Å². The van der Waals surface area contributed by atoms with Crippen LogP contribution in [0.4, 0.5) is 0 Å². The van der Waals surface area contributed by atoms with E-state index in [4.69, 9.17) is 16.1 Å². The third-order valence-corrected chi connectivity index (χ3v) is 1.85. The fraction of sp³-hybridized carbons (Fsp3) is 0.200. The maximum absolute atomic E-state index is 10.6. The van der Waals surface area contributed by atoms with Crippen LogP contribution in [0, 0.1) is 18.3 Å². The topological polar surface area (TPSA) is 87.1 Å². The highest BCUT2D eigenvalue weighted by Crippen LogP contribution is 2.15. The molecule has 1 aromatic carbocycles. The Bertz CT molecular complexity index is 407. The molecule has 0 unspecified atom stereocenters. The first-order valence-electron chi connectivity index (χ1n) is 4.04. The Morgan fingerprint density at radius 2 is 2.21 bits per heavy atom. The van der Waals surface area contributed by atoms with Crippen LogP contribution in [0.1, 0.15) is 22.7 Å². The van der Waals surface area contributed by atoms with E-state index in [0.717, 1.165) is 5.56 Å². The van der Waals surface area contributed by atoms with Crippen molar-refractivity contribution in [2.45, 2.75) is 13.0 Å². The monoisotopic (exact) mass is 190 g/mol. The quantitative estimate of drug-likeness (QED) is 0.726. The predicted octanol–water partition coefficient (Wildman–Crippen LogP) is 0.951. The molecule has 0 aliphatic carbocycles. The molecule has 0 aliphatic heterocycles. The molecule has 72 valence electrons. The van der Waals surface area contributed by atoms with E-state index in [0.29, 0.717) is 11.1 Å². The Hall–Kier alpha value is -1.86. The number of carbonyl (C=O) groups is 1. The summed E-state index contributed by atoms with van der Waals surface area (Å²) in [6.45, 7) is 1.79. The van der Waals surface area contributed by atoms with Gasteiger partial charge in [-0.05, 0) is 30.2 Å². The lowest BCUT2D eigenvalue weighted by Crippen LogP contribution is -2.20. The number of nitrogens with two attached hydrogens (primary N) is 1. The van der Waals surface area contributed by atoms with Gasteiger partial charge in [0.2, 0.25) is 0 Å². The van der Waals surface area contributed by atoms with Gasteiger partial charge in [-0.25, -0.2) is 0 Å². The normalized spacial score (nSPS) is 11.8. The van der Waals surface area contributed by atoms with Crippen molar-refractivity contribution in [1.82, 2.24) is 0 Å². The molecule has 1 aromatic rings. The van der Waals surface area contributed by atoms with Crippen LogP contribution in [0.25, 0.3) is 0 Å². The fourth-order valence-corrected chi connectivity index (χ4v) is 1.20. The summed E-state index contributed by atoms with van der Waals surface area (Å²) < 4.78 is 0. The summed E-state index contributed by atoms with van der Waals surface area (Å²) in [5.74, 6) is -1.10. The summed E-state index contributed by atoms with van der Waals surface area (Å²) in [7, 11) is 0. The van der Waals surface area contributed by atoms with Gasteiger partial charge in [-0.2, -0.15) is 5.26 Å². The second-order valence-corrected chi connectivity index (χ2v) is 3.06. The van der Waals surface area contributed by atoms with Crippen molar-refractivity contribution in [3.8, 4) is 6.07 Å². The minimum Gasteiger partial charge on any atom is -0.480 e. The van der Waals surface area contributed by atoms with Crippen LogP contribution in [-0.4, -0.2) is 11.1 Å². The van der Waals surface area contributed by atoms with E-state index in [9.17, 15) is 4.79 Å². The van der Waals surface area contributed by atoms with Gasteiger partial charge >= 0.3 is 5.97 Å². The Morgan fingerprint density at radius 1 is 1.57 bits per heavy atom. The van der Waals surface area contributed by atoms with E-state index in [1.807, 2.05) is 6.07 Å². The second-order valence-electron chi connectivity index (χ2n) is 3.06. The van der Waals surface area contributed by atoms with E-state index in [2.05, 4.69) is 0 Å². The van der Waals surface area contributed by atoms with Gasteiger partial charge < -0.3 is 10.8 Å². The Balaban J connectivity index is 3.17. The number of carboxylic acids is 1. The van der Waals surface area contributed by atoms with Gasteiger partial charge in [-0.15, -0.1) is 0 Å². The molecule has 0 spiro atoms. The zero-order valence-corrected chi connectivity index (χ0v) is 7.69. The summed E-state index contributed by atoms with van der Waals surface area (Å²) in [5.41, 5.74) is 7.13. The minimum absolute atomic E-state index is 0.428. The lowest BCUT2D eigenvalue weighted by atomic mass is 10.0. The number of rotatable bonds is 2. The smallest absolute Gasteiger partial charge is 0.325 e. The molecule has 0 amide bonds. The first kappa shape index (κ1) is 10.2. The van der Waals surface area contributed by atoms with Gasteiger partial charge in [-0.3, -0.25) is 4.79 Å². The molecular weight excluding hydrogens is 180 g/mol. The molecule has 0 aromatic heterocycles. The van der Waals surface area contributed by atoms with Crippen LogP contribution in [-0.2, 0) is 4.79 Å². The molecule has 0 aliphatic rings. The molecule has 4 nitrogen and oxygen atoms in total. The zero-order valence-electron chi connectivity index (χ0n) is 7.69. The van der Waals surface area contributed by atoms with Gasteiger partial charge in [0.15, 0.2) is 0 Å². The molecule has 0 bridgehead atoms. The molecule has 3 N–H and O–H groups in total. The minimum atomic E-state index is -1.10. The maximum Gasteiger partial charge on any atom is 0.325 e. The van der Waals surface area contributed by atoms with Crippen molar-refractivity contribution < 1.29 is 9.90 Å². The molecular formula is C10H10N2O2. The molecule has 14 heavy (non-hydrogen) atoms. The Labute approximate surface area is 81.6 Å². The van der Waals surface area contributed by atoms with Crippen molar-refractivity contribution in [3.63, 3.8) is 0 Å². The average Bonchev–Trinajstić information content (AvgIpc) is 2.15. The molecule has 0 saturated heterocycles. The lowest BCUT2D eigenvalue weighted by Gasteiger charge is -2.07. The number of hydrogen-bond donors (Lipinski definition) is 2. The van der Waals surface area contributed by atoms with Crippen molar-refractivity contribution in [1.29, 1.82) is 5.26 Å². The first-order valence-corrected chi connectivity index (χ1v) is 4.04. The number of carboxylic acid groups (broad SMARTS) is 1. The van der Waals surface area contributed by atoms with Gasteiger partial charge in [0, 0.05) is 0 Å². The predicted molar refractivity (Wildman–Crippen MR) is 50.5 cm³/mol. The standard InChI is InChI=1S/C10H10N2O2/c1-6-2-7(5-11)4-8(3-6)9(12)10(13)14/h2-4,9H,12H2,1H3,(H,13,14)/t9-/m0/s1. The highest BCUT2D eigenvalue weighted by Gasteiger charge is 2.14. The maximum atomic E-state index is 10.6. The molecule has 4 heteroatoms. The van der Waals surface area contributed by atoms with E-state index < -0.39 is 12.0 Å². The lowest BCUT2D eigenvalue weighted by molar-refractivity contribution is -0.138. The van der Waals surface area contributed by atoms with Crippen LogP contribution >= 0.6 is 0 Å². The van der Waals surface area contributed by atoms with Gasteiger partial charge in [0.05, 0.1) is 11.6 Å². The Morgan fingerprint density at radius 3 is 2.71 bits per heavy atom. The number of benzene rings is 1. The number of hydrogen-bond acceptors (Lipinski definition) is 3. The third-order valence-electron chi connectivity index (χ3n) is 1.85. The number of nitriles is 1. The summed E-state index contributed by atoms with van der Waals surface area (Å²) in [4.78, 5) is 10.6. The molecule has 0 saturated carbocycles. The second kappa shape index (κ2) is 3.90. The van der Waals surface area contributed by atoms with Crippen LogP contribution in [0.3, 0.4) is 0 Å². The zero-order chi connectivity index (χ0) is 10.7. The van der Waals surface area contributed by atoms with E-state index in [1.165, 1.54) is 6.07 Å².